The van der Waals surface area contributed by atoms with Crippen LogP contribution in [0.1, 0.15) is 37.8 Å². The van der Waals surface area contributed by atoms with Crippen LogP contribution in [0.4, 0.5) is 4.79 Å². The van der Waals surface area contributed by atoms with Crippen molar-refractivity contribution in [1.82, 2.24) is 10.6 Å². The van der Waals surface area contributed by atoms with Gasteiger partial charge in [-0.05, 0) is 31.9 Å². The highest BCUT2D eigenvalue weighted by Gasteiger charge is 2.18. The Hall–Kier alpha value is -2.66. The van der Waals surface area contributed by atoms with E-state index >= 15 is 0 Å². The maximum atomic E-state index is 11.9. The number of hydrogen-bond donors (Lipinski definition) is 2. The zero-order valence-corrected chi connectivity index (χ0v) is 15.5. The first kappa shape index (κ1) is 19.7. The Bertz CT molecular complexity index is 670. The molecule has 5 nitrogen and oxygen atoms in total. The summed E-state index contributed by atoms with van der Waals surface area (Å²) in [6, 6.07) is 20.2. The zero-order chi connectivity index (χ0) is 19.0. The van der Waals surface area contributed by atoms with Gasteiger partial charge in [0.25, 0.3) is 0 Å². The Morgan fingerprint density at radius 2 is 1.42 bits per heavy atom. The molecule has 138 valence electrons. The van der Waals surface area contributed by atoms with Crippen LogP contribution >= 0.6 is 0 Å². The Labute approximate surface area is 154 Å². The number of carbonyl (C=O) groups is 2. The Morgan fingerprint density at radius 1 is 0.923 bits per heavy atom. The molecule has 0 heterocycles. The van der Waals surface area contributed by atoms with Crippen molar-refractivity contribution in [2.75, 3.05) is 13.1 Å². The summed E-state index contributed by atoms with van der Waals surface area (Å²) in [5.74, 6) is -0.300. The predicted molar refractivity (Wildman–Crippen MR) is 102 cm³/mol. The first-order valence-corrected chi connectivity index (χ1v) is 8.68. The molecule has 2 amide bonds. The monoisotopic (exact) mass is 354 g/mol. The molecule has 0 bridgehead atoms. The van der Waals surface area contributed by atoms with Crippen molar-refractivity contribution >= 4 is 12.0 Å². The lowest BCUT2D eigenvalue weighted by Gasteiger charge is -2.20. The van der Waals surface area contributed by atoms with Gasteiger partial charge in [-0.15, -0.1) is 0 Å². The fraction of sp³-hybridized carbons (Fsp3) is 0.333. The van der Waals surface area contributed by atoms with Gasteiger partial charge >= 0.3 is 6.09 Å². The summed E-state index contributed by atoms with van der Waals surface area (Å²) in [7, 11) is 0. The number of imide groups is 1. The molecular formula is C21H26N2O3. The van der Waals surface area contributed by atoms with Crippen LogP contribution in [-0.2, 0) is 9.53 Å². The number of rotatable bonds is 6. The third-order valence-corrected chi connectivity index (χ3v) is 3.68. The number of carbonyl (C=O) groups excluding carboxylic acids is 2. The van der Waals surface area contributed by atoms with Gasteiger partial charge in [0, 0.05) is 12.5 Å². The third kappa shape index (κ3) is 6.69. The summed E-state index contributed by atoms with van der Waals surface area (Å²) in [6.45, 7) is 5.87. The number of amides is 2. The highest BCUT2D eigenvalue weighted by molar-refractivity contribution is 5.92. The van der Waals surface area contributed by atoms with Crippen molar-refractivity contribution in [2.24, 2.45) is 0 Å². The summed E-state index contributed by atoms with van der Waals surface area (Å²) in [6.07, 6.45) is -0.730. The maximum absolute atomic E-state index is 11.9. The van der Waals surface area contributed by atoms with Gasteiger partial charge in [0.15, 0.2) is 0 Å². The van der Waals surface area contributed by atoms with E-state index < -0.39 is 17.6 Å². The summed E-state index contributed by atoms with van der Waals surface area (Å²) in [5, 5.41) is 5.36. The lowest BCUT2D eigenvalue weighted by Crippen LogP contribution is -2.41. The number of hydrogen-bond acceptors (Lipinski definition) is 4. The molecule has 2 rings (SSSR count). The number of nitrogens with one attached hydrogen (secondary N) is 2. The Morgan fingerprint density at radius 3 is 1.88 bits per heavy atom. The number of alkyl carbamates (subject to hydrolysis) is 1. The molecule has 0 unspecified atom stereocenters. The molecule has 2 N–H and O–H groups in total. The molecule has 0 fully saturated rings. The standard InChI is InChI=1S/C21H26N2O3/c1-21(2,3)26-20(25)23-19(24)15-22-14-18(16-10-6-4-7-11-16)17-12-8-5-9-13-17/h4-13,18,22H,14-15H2,1-3H3,(H,23,24,25). The second-order valence-corrected chi connectivity index (χ2v) is 7.05. The Balaban J connectivity index is 1.92. The number of ether oxygens (including phenoxy) is 1. The topological polar surface area (TPSA) is 67.4 Å². The van der Waals surface area contributed by atoms with Gasteiger partial charge in [-0.25, -0.2) is 4.79 Å². The van der Waals surface area contributed by atoms with Crippen LogP contribution in [-0.4, -0.2) is 30.7 Å². The number of benzene rings is 2. The fourth-order valence-corrected chi connectivity index (χ4v) is 2.59. The van der Waals surface area contributed by atoms with Crippen molar-refractivity contribution in [3.63, 3.8) is 0 Å². The second kappa shape index (κ2) is 9.15. The average Bonchev–Trinajstić information content (AvgIpc) is 2.58. The van der Waals surface area contributed by atoms with Crippen LogP contribution in [0.5, 0.6) is 0 Å². The van der Waals surface area contributed by atoms with E-state index in [2.05, 4.69) is 34.9 Å². The van der Waals surface area contributed by atoms with E-state index in [1.54, 1.807) is 20.8 Å². The van der Waals surface area contributed by atoms with E-state index in [0.29, 0.717) is 6.54 Å². The minimum atomic E-state index is -0.730. The minimum Gasteiger partial charge on any atom is -0.444 e. The molecule has 0 radical (unpaired) electrons. The van der Waals surface area contributed by atoms with Crippen LogP contribution in [0.2, 0.25) is 0 Å². The fourth-order valence-electron chi connectivity index (χ4n) is 2.59. The minimum absolute atomic E-state index is 0.0371. The SMILES string of the molecule is CC(C)(C)OC(=O)NC(=O)CNCC(c1ccccc1)c1ccccc1. The summed E-state index contributed by atoms with van der Waals surface area (Å²) < 4.78 is 5.08. The van der Waals surface area contributed by atoms with E-state index in [1.165, 1.54) is 11.1 Å². The van der Waals surface area contributed by atoms with Gasteiger partial charge in [0.1, 0.15) is 5.60 Å². The molecule has 0 aromatic heterocycles. The Kier molecular flexibility index (Phi) is 6.92. The molecule has 0 atom stereocenters. The van der Waals surface area contributed by atoms with Crippen molar-refractivity contribution in [3.05, 3.63) is 71.8 Å². The summed E-state index contributed by atoms with van der Waals surface area (Å²) >= 11 is 0. The predicted octanol–water partition coefficient (Wildman–Crippen LogP) is 3.46. The lowest BCUT2D eigenvalue weighted by molar-refractivity contribution is -0.119. The molecule has 0 aliphatic heterocycles. The maximum Gasteiger partial charge on any atom is 0.414 e. The van der Waals surface area contributed by atoms with E-state index in [-0.39, 0.29) is 12.5 Å². The second-order valence-electron chi connectivity index (χ2n) is 7.05. The van der Waals surface area contributed by atoms with Gasteiger partial charge in [0.2, 0.25) is 5.91 Å². The van der Waals surface area contributed by atoms with E-state index in [1.807, 2.05) is 36.4 Å². The molecule has 0 aliphatic carbocycles. The molecule has 0 saturated heterocycles. The first-order valence-electron chi connectivity index (χ1n) is 8.68. The van der Waals surface area contributed by atoms with Crippen LogP contribution in [0.3, 0.4) is 0 Å². The molecule has 5 heteroatoms. The van der Waals surface area contributed by atoms with Crippen LogP contribution in [0.15, 0.2) is 60.7 Å². The third-order valence-electron chi connectivity index (χ3n) is 3.68. The van der Waals surface area contributed by atoms with Crippen LogP contribution in [0.25, 0.3) is 0 Å². The van der Waals surface area contributed by atoms with Gasteiger partial charge in [-0.3, -0.25) is 10.1 Å². The largest absolute Gasteiger partial charge is 0.444 e. The molecule has 26 heavy (non-hydrogen) atoms. The van der Waals surface area contributed by atoms with Crippen molar-refractivity contribution in [3.8, 4) is 0 Å². The van der Waals surface area contributed by atoms with Crippen molar-refractivity contribution < 1.29 is 14.3 Å². The summed E-state index contributed by atoms with van der Waals surface area (Å²) in [5.41, 5.74) is 1.70. The van der Waals surface area contributed by atoms with Gasteiger partial charge in [-0.1, -0.05) is 60.7 Å². The van der Waals surface area contributed by atoms with Crippen LogP contribution in [0, 0.1) is 0 Å². The molecule has 0 aliphatic rings. The van der Waals surface area contributed by atoms with E-state index in [4.69, 9.17) is 4.74 Å². The summed E-state index contributed by atoms with van der Waals surface area (Å²) in [4.78, 5) is 23.5. The average molecular weight is 354 g/mol. The van der Waals surface area contributed by atoms with Crippen molar-refractivity contribution in [1.29, 1.82) is 0 Å². The zero-order valence-electron chi connectivity index (χ0n) is 15.5. The first-order chi connectivity index (χ1) is 12.3. The molecular weight excluding hydrogens is 328 g/mol. The lowest BCUT2D eigenvalue weighted by atomic mass is 9.91. The van der Waals surface area contributed by atoms with E-state index in [0.717, 1.165) is 0 Å². The highest BCUT2D eigenvalue weighted by atomic mass is 16.6. The highest BCUT2D eigenvalue weighted by Crippen LogP contribution is 2.23. The van der Waals surface area contributed by atoms with Gasteiger partial charge in [0.05, 0.1) is 6.54 Å². The molecule has 0 spiro atoms. The molecule has 2 aromatic rings. The normalized spacial score (nSPS) is 11.2. The van der Waals surface area contributed by atoms with E-state index in [9.17, 15) is 9.59 Å². The van der Waals surface area contributed by atoms with Crippen molar-refractivity contribution in [2.45, 2.75) is 32.3 Å². The smallest absolute Gasteiger partial charge is 0.414 e. The molecule has 0 saturated carbocycles. The van der Waals surface area contributed by atoms with Gasteiger partial charge < -0.3 is 10.1 Å². The molecule has 2 aromatic carbocycles. The van der Waals surface area contributed by atoms with Crippen LogP contribution < -0.4 is 10.6 Å². The van der Waals surface area contributed by atoms with Gasteiger partial charge in [-0.2, -0.15) is 0 Å². The quantitative estimate of drug-likeness (QED) is 0.834.